The number of nitrogens with one attached hydrogen (secondary N) is 1. The summed E-state index contributed by atoms with van der Waals surface area (Å²) in [4.78, 5) is 16.1. The van der Waals surface area contributed by atoms with Crippen molar-refractivity contribution in [3.05, 3.63) is 45.2 Å². The predicted octanol–water partition coefficient (Wildman–Crippen LogP) is 2.41. The van der Waals surface area contributed by atoms with Crippen LogP contribution in [0, 0.1) is 19.7 Å². The van der Waals surface area contributed by atoms with Crippen LogP contribution >= 0.6 is 11.3 Å². The highest BCUT2D eigenvalue weighted by molar-refractivity contribution is 7.09. The molecule has 100 valence electrons. The van der Waals surface area contributed by atoms with Gasteiger partial charge in [-0.2, -0.15) is 0 Å². The monoisotopic (exact) mass is 279 g/mol. The van der Waals surface area contributed by atoms with E-state index in [-0.39, 0.29) is 12.1 Å². The average Bonchev–Trinajstić information content (AvgIpc) is 2.76. The van der Waals surface area contributed by atoms with Crippen LogP contribution < -0.4 is 11.1 Å². The number of rotatable bonds is 3. The predicted molar refractivity (Wildman–Crippen MR) is 73.6 cm³/mol. The van der Waals surface area contributed by atoms with Crippen LogP contribution in [0.5, 0.6) is 0 Å². The number of nitrogen functional groups attached to an aromatic ring is 1. The topological polar surface area (TPSA) is 68.0 Å². The van der Waals surface area contributed by atoms with Gasteiger partial charge in [0.2, 0.25) is 0 Å². The molecule has 0 aliphatic heterocycles. The summed E-state index contributed by atoms with van der Waals surface area (Å²) in [5.74, 6) is -1.03. The lowest BCUT2D eigenvalue weighted by Crippen LogP contribution is -2.24. The summed E-state index contributed by atoms with van der Waals surface area (Å²) in [5, 5.41) is 5.42. The van der Waals surface area contributed by atoms with Gasteiger partial charge in [0.05, 0.1) is 22.8 Å². The number of benzene rings is 1. The molecule has 0 spiro atoms. The molecule has 1 aromatic carbocycles. The number of aromatic nitrogens is 1. The van der Waals surface area contributed by atoms with Crippen molar-refractivity contribution in [2.75, 3.05) is 5.73 Å². The normalized spacial score (nSPS) is 10.5. The van der Waals surface area contributed by atoms with Crippen LogP contribution in [0.1, 0.15) is 26.6 Å². The third-order valence-electron chi connectivity index (χ3n) is 2.62. The Morgan fingerprint density at radius 2 is 2.21 bits per heavy atom. The zero-order chi connectivity index (χ0) is 14.0. The Hall–Kier alpha value is -1.95. The van der Waals surface area contributed by atoms with E-state index in [4.69, 9.17) is 5.73 Å². The van der Waals surface area contributed by atoms with Gasteiger partial charge >= 0.3 is 0 Å². The Kier molecular flexibility index (Phi) is 3.80. The number of amides is 1. The molecule has 3 N–H and O–H groups in total. The van der Waals surface area contributed by atoms with Crippen molar-refractivity contribution < 1.29 is 9.18 Å². The Morgan fingerprint density at radius 3 is 2.84 bits per heavy atom. The summed E-state index contributed by atoms with van der Waals surface area (Å²) >= 11 is 1.50. The van der Waals surface area contributed by atoms with Crippen molar-refractivity contribution in [2.45, 2.75) is 20.4 Å². The Labute approximate surface area is 114 Å². The first kappa shape index (κ1) is 13.5. The fourth-order valence-electron chi connectivity index (χ4n) is 1.72. The number of hydrogen-bond acceptors (Lipinski definition) is 4. The van der Waals surface area contributed by atoms with E-state index in [0.717, 1.165) is 10.7 Å². The van der Waals surface area contributed by atoms with Crippen LogP contribution in [-0.4, -0.2) is 10.9 Å². The van der Waals surface area contributed by atoms with Crippen molar-refractivity contribution in [3.63, 3.8) is 0 Å². The summed E-state index contributed by atoms with van der Waals surface area (Å²) < 4.78 is 13.8. The van der Waals surface area contributed by atoms with Gasteiger partial charge in [0.25, 0.3) is 5.91 Å². The first-order valence-electron chi connectivity index (χ1n) is 5.72. The summed E-state index contributed by atoms with van der Waals surface area (Å²) in [5.41, 5.74) is 7.07. The Balaban J connectivity index is 2.12. The number of hydrogen-bond donors (Lipinski definition) is 2. The van der Waals surface area contributed by atoms with Crippen molar-refractivity contribution in [1.29, 1.82) is 0 Å². The average molecular weight is 279 g/mol. The third kappa shape index (κ3) is 3.08. The zero-order valence-electron chi connectivity index (χ0n) is 10.7. The van der Waals surface area contributed by atoms with Crippen LogP contribution in [0.25, 0.3) is 0 Å². The summed E-state index contributed by atoms with van der Waals surface area (Å²) in [7, 11) is 0. The first-order chi connectivity index (χ1) is 8.97. The van der Waals surface area contributed by atoms with Gasteiger partial charge in [-0.15, -0.1) is 11.3 Å². The second-order valence-corrected chi connectivity index (χ2v) is 5.30. The lowest BCUT2D eigenvalue weighted by molar-refractivity contribution is 0.0946. The molecule has 4 nitrogen and oxygen atoms in total. The highest BCUT2D eigenvalue weighted by Crippen LogP contribution is 2.17. The van der Waals surface area contributed by atoms with E-state index in [0.29, 0.717) is 11.3 Å². The molecule has 0 aliphatic carbocycles. The molecule has 0 fully saturated rings. The van der Waals surface area contributed by atoms with Crippen LogP contribution in [0.2, 0.25) is 0 Å². The zero-order valence-corrected chi connectivity index (χ0v) is 11.5. The molecule has 1 aromatic heterocycles. The van der Waals surface area contributed by atoms with Crippen molar-refractivity contribution >= 4 is 22.9 Å². The summed E-state index contributed by atoms with van der Waals surface area (Å²) in [6.45, 7) is 3.74. The molecular formula is C13H14FN3OS. The standard InChI is InChI=1S/C13H14FN3OS/c1-7-3-9(15)4-11(12(7)14)13(18)16-5-10-6-19-8(2)17-10/h3-4,6H,5,15H2,1-2H3,(H,16,18). The molecule has 2 rings (SSSR count). The lowest BCUT2D eigenvalue weighted by Gasteiger charge is -2.07. The van der Waals surface area contributed by atoms with Crippen LogP contribution in [0.15, 0.2) is 17.5 Å². The Bertz CT molecular complexity index is 624. The first-order valence-corrected chi connectivity index (χ1v) is 6.60. The number of carbonyl (C=O) groups excluding carboxylic acids is 1. The molecule has 0 unspecified atom stereocenters. The lowest BCUT2D eigenvalue weighted by atomic mass is 10.1. The summed E-state index contributed by atoms with van der Waals surface area (Å²) in [6.07, 6.45) is 0. The molecule has 0 atom stereocenters. The van der Waals surface area contributed by atoms with Crippen molar-refractivity contribution in [1.82, 2.24) is 10.3 Å². The molecule has 0 saturated heterocycles. The number of halogens is 1. The van der Waals surface area contributed by atoms with Gasteiger partial charge in [-0.05, 0) is 31.5 Å². The minimum Gasteiger partial charge on any atom is -0.399 e. The van der Waals surface area contributed by atoms with E-state index < -0.39 is 11.7 Å². The largest absolute Gasteiger partial charge is 0.399 e. The van der Waals surface area contributed by atoms with Crippen LogP contribution in [-0.2, 0) is 6.54 Å². The molecule has 0 radical (unpaired) electrons. The van der Waals surface area contributed by atoms with Crippen LogP contribution in [0.4, 0.5) is 10.1 Å². The Morgan fingerprint density at radius 1 is 1.47 bits per heavy atom. The van der Waals surface area contributed by atoms with Crippen molar-refractivity contribution in [3.8, 4) is 0 Å². The van der Waals surface area contributed by atoms with Gasteiger partial charge < -0.3 is 11.1 Å². The second kappa shape index (κ2) is 5.36. The molecule has 19 heavy (non-hydrogen) atoms. The van der Waals surface area contributed by atoms with E-state index in [1.54, 1.807) is 6.92 Å². The van der Waals surface area contributed by atoms with E-state index in [1.165, 1.54) is 23.5 Å². The van der Waals surface area contributed by atoms with Gasteiger partial charge in [0.15, 0.2) is 0 Å². The van der Waals surface area contributed by atoms with Gasteiger partial charge in [0, 0.05) is 11.1 Å². The number of nitrogens with zero attached hydrogens (tertiary/aromatic N) is 1. The van der Waals surface area contributed by atoms with E-state index >= 15 is 0 Å². The minimum absolute atomic E-state index is 0.0375. The smallest absolute Gasteiger partial charge is 0.254 e. The molecule has 1 amide bonds. The van der Waals surface area contributed by atoms with Gasteiger partial charge in [0.1, 0.15) is 5.82 Å². The molecule has 0 bridgehead atoms. The molecule has 1 heterocycles. The fraction of sp³-hybridized carbons (Fsp3) is 0.231. The van der Waals surface area contributed by atoms with Gasteiger partial charge in [-0.1, -0.05) is 0 Å². The van der Waals surface area contributed by atoms with Crippen molar-refractivity contribution in [2.24, 2.45) is 0 Å². The molecular weight excluding hydrogens is 265 g/mol. The number of carbonyl (C=O) groups is 1. The number of nitrogens with two attached hydrogens (primary N) is 1. The maximum Gasteiger partial charge on any atom is 0.254 e. The maximum atomic E-state index is 13.8. The molecule has 2 aromatic rings. The van der Waals surface area contributed by atoms with E-state index in [2.05, 4.69) is 10.3 Å². The maximum absolute atomic E-state index is 13.8. The van der Waals surface area contributed by atoms with E-state index in [9.17, 15) is 9.18 Å². The molecule has 6 heteroatoms. The second-order valence-electron chi connectivity index (χ2n) is 4.24. The molecule has 0 saturated carbocycles. The van der Waals surface area contributed by atoms with E-state index in [1.807, 2.05) is 12.3 Å². The van der Waals surface area contributed by atoms with Gasteiger partial charge in [-0.3, -0.25) is 4.79 Å². The fourth-order valence-corrected chi connectivity index (χ4v) is 2.33. The summed E-state index contributed by atoms with van der Waals surface area (Å²) in [6, 6.07) is 2.83. The highest BCUT2D eigenvalue weighted by Gasteiger charge is 2.14. The quantitative estimate of drug-likeness (QED) is 0.848. The highest BCUT2D eigenvalue weighted by atomic mass is 32.1. The minimum atomic E-state index is -0.541. The number of anilines is 1. The van der Waals surface area contributed by atoms with Gasteiger partial charge in [-0.25, -0.2) is 9.37 Å². The number of aryl methyl sites for hydroxylation is 2. The molecule has 0 aliphatic rings. The number of thiazole rings is 1. The SMILES string of the molecule is Cc1nc(CNC(=O)c2cc(N)cc(C)c2F)cs1. The third-order valence-corrected chi connectivity index (χ3v) is 3.44. The van der Waals surface area contributed by atoms with Crippen LogP contribution in [0.3, 0.4) is 0 Å².